The van der Waals surface area contributed by atoms with Crippen LogP contribution in [0.5, 0.6) is 0 Å². The highest BCUT2D eigenvalue weighted by molar-refractivity contribution is 5.79. The minimum absolute atomic E-state index is 0.00463. The van der Waals surface area contributed by atoms with Crippen LogP contribution in [0, 0.1) is 5.92 Å². The van der Waals surface area contributed by atoms with Crippen molar-refractivity contribution in [1.29, 1.82) is 0 Å². The zero-order chi connectivity index (χ0) is 10.1. The Kier molecular flexibility index (Phi) is 9.41. The molecule has 0 aliphatic heterocycles. The summed E-state index contributed by atoms with van der Waals surface area (Å²) in [5.41, 5.74) is 0. The largest absolute Gasteiger partial charge is 0.359 e. The molecule has 3 nitrogen and oxygen atoms in total. The Morgan fingerprint density at radius 3 is 1.67 bits per heavy atom. The van der Waals surface area contributed by atoms with Crippen LogP contribution in [0.4, 0.5) is 0 Å². The molecule has 12 heavy (non-hydrogen) atoms. The first kappa shape index (κ1) is 13.7. The van der Waals surface area contributed by atoms with Gasteiger partial charge in [-0.3, -0.25) is 9.59 Å². The van der Waals surface area contributed by atoms with Crippen LogP contribution in [0.25, 0.3) is 0 Å². The van der Waals surface area contributed by atoms with Crippen LogP contribution >= 0.6 is 0 Å². The van der Waals surface area contributed by atoms with Crippen molar-refractivity contribution in [3.8, 4) is 0 Å². The normalized spacial score (nSPS) is 8.50. The molecule has 1 N–H and O–H groups in total. The molecule has 0 aliphatic carbocycles. The van der Waals surface area contributed by atoms with Crippen molar-refractivity contribution in [3.05, 3.63) is 0 Å². The van der Waals surface area contributed by atoms with Gasteiger partial charge in [-0.05, 0) is 0 Å². The van der Waals surface area contributed by atoms with Crippen molar-refractivity contribution in [2.75, 3.05) is 7.05 Å². The van der Waals surface area contributed by atoms with E-state index < -0.39 is 0 Å². The molecule has 0 aromatic heterocycles. The van der Waals surface area contributed by atoms with Gasteiger partial charge in [-0.1, -0.05) is 20.8 Å². The van der Waals surface area contributed by atoms with Gasteiger partial charge in [0.2, 0.25) is 5.91 Å². The van der Waals surface area contributed by atoms with Gasteiger partial charge >= 0.3 is 0 Å². The summed E-state index contributed by atoms with van der Waals surface area (Å²) in [6.45, 7) is 7.21. The van der Waals surface area contributed by atoms with Gasteiger partial charge in [0.05, 0.1) is 0 Å². The van der Waals surface area contributed by atoms with Crippen LogP contribution in [0.3, 0.4) is 0 Å². The quantitative estimate of drug-likeness (QED) is 0.685. The number of carbonyl (C=O) groups excluding carboxylic acids is 2. The Morgan fingerprint density at radius 2 is 1.67 bits per heavy atom. The van der Waals surface area contributed by atoms with Crippen LogP contribution in [0.15, 0.2) is 0 Å². The van der Waals surface area contributed by atoms with Gasteiger partial charge in [-0.15, -0.1) is 0 Å². The van der Waals surface area contributed by atoms with Gasteiger partial charge in [0.25, 0.3) is 0 Å². The fourth-order valence-corrected chi connectivity index (χ4v) is 0.408. The van der Waals surface area contributed by atoms with Crippen molar-refractivity contribution in [3.63, 3.8) is 0 Å². The van der Waals surface area contributed by atoms with E-state index in [0.717, 1.165) is 0 Å². The molecule has 0 bridgehead atoms. The number of hydrogen-bond donors (Lipinski definition) is 1. The molecule has 0 atom stereocenters. The summed E-state index contributed by atoms with van der Waals surface area (Å²) < 4.78 is 0. The maximum absolute atomic E-state index is 10.5. The summed E-state index contributed by atoms with van der Waals surface area (Å²) in [5, 5.41) is 2.39. The number of ketones is 1. The van der Waals surface area contributed by atoms with Gasteiger partial charge in [-0.2, -0.15) is 0 Å². The predicted octanol–water partition coefficient (Wildman–Crippen LogP) is 1.37. The third-order valence-corrected chi connectivity index (χ3v) is 1.34. The zero-order valence-electron chi connectivity index (χ0n) is 8.60. The van der Waals surface area contributed by atoms with E-state index in [1.807, 2.05) is 20.8 Å². The summed E-state index contributed by atoms with van der Waals surface area (Å²) >= 11 is 0. The van der Waals surface area contributed by atoms with E-state index >= 15 is 0 Å². The summed E-state index contributed by atoms with van der Waals surface area (Å²) in [6, 6.07) is 0. The van der Waals surface area contributed by atoms with Gasteiger partial charge < -0.3 is 5.32 Å². The lowest BCUT2D eigenvalue weighted by Crippen LogP contribution is -2.11. The molecular weight excluding hydrogens is 154 g/mol. The van der Waals surface area contributed by atoms with E-state index in [4.69, 9.17) is 0 Å². The van der Waals surface area contributed by atoms with Crippen LogP contribution in [-0.4, -0.2) is 18.7 Å². The highest BCUT2D eigenvalue weighted by Crippen LogP contribution is 1.95. The predicted molar refractivity (Wildman–Crippen MR) is 49.9 cm³/mol. The first-order valence-corrected chi connectivity index (χ1v) is 4.16. The van der Waals surface area contributed by atoms with E-state index in [-0.39, 0.29) is 11.8 Å². The van der Waals surface area contributed by atoms with Gasteiger partial charge in [0.15, 0.2) is 0 Å². The Hall–Kier alpha value is -0.860. The van der Waals surface area contributed by atoms with Gasteiger partial charge in [0.1, 0.15) is 5.78 Å². The minimum Gasteiger partial charge on any atom is -0.359 e. The molecule has 72 valence electrons. The smallest absolute Gasteiger partial charge is 0.216 e. The number of carbonyl (C=O) groups is 2. The van der Waals surface area contributed by atoms with Crippen molar-refractivity contribution < 1.29 is 9.59 Å². The maximum atomic E-state index is 10.5. The first-order valence-electron chi connectivity index (χ1n) is 4.16. The van der Waals surface area contributed by atoms with Crippen LogP contribution in [0.2, 0.25) is 0 Å². The molecule has 0 fully saturated rings. The summed E-state index contributed by atoms with van der Waals surface area (Å²) in [5.74, 6) is 0.579. The van der Waals surface area contributed by atoms with E-state index in [0.29, 0.717) is 12.2 Å². The molecule has 0 saturated carbocycles. The molecular formula is C9H19NO2. The van der Waals surface area contributed by atoms with Crippen molar-refractivity contribution in [1.82, 2.24) is 5.32 Å². The van der Waals surface area contributed by atoms with Crippen LogP contribution < -0.4 is 5.32 Å². The van der Waals surface area contributed by atoms with E-state index in [1.54, 1.807) is 7.05 Å². The second kappa shape index (κ2) is 8.24. The third-order valence-electron chi connectivity index (χ3n) is 1.34. The molecule has 0 heterocycles. The molecule has 0 unspecified atom stereocenters. The van der Waals surface area contributed by atoms with Crippen molar-refractivity contribution >= 4 is 11.7 Å². The Balaban J connectivity index is 0. The first-order chi connectivity index (χ1) is 5.45. The molecule has 0 aromatic carbocycles. The minimum atomic E-state index is 0.00463. The molecule has 0 radical (unpaired) electrons. The molecule has 0 aromatic rings. The molecule has 0 rings (SSSR count). The van der Waals surface area contributed by atoms with Crippen molar-refractivity contribution in [2.45, 2.75) is 34.1 Å². The number of Topliss-reactive ketones (excluding diaryl/α,β-unsaturated/α-hetero) is 1. The average Bonchev–Trinajstić information content (AvgIpc) is 2.04. The average molecular weight is 173 g/mol. The zero-order valence-corrected chi connectivity index (χ0v) is 8.60. The van der Waals surface area contributed by atoms with Gasteiger partial charge in [-0.25, -0.2) is 0 Å². The van der Waals surface area contributed by atoms with Crippen LogP contribution in [0.1, 0.15) is 34.1 Å². The molecule has 1 amide bonds. The Labute approximate surface area is 74.5 Å². The summed E-state index contributed by atoms with van der Waals surface area (Å²) in [7, 11) is 1.60. The van der Waals surface area contributed by atoms with Gasteiger partial charge in [0, 0.05) is 26.3 Å². The third kappa shape index (κ3) is 11.9. The van der Waals surface area contributed by atoms with E-state index in [1.165, 1.54) is 6.92 Å². The highest BCUT2D eigenvalue weighted by Gasteiger charge is 2.00. The fraction of sp³-hybridized carbons (Fsp3) is 0.778. The van der Waals surface area contributed by atoms with Crippen molar-refractivity contribution in [2.24, 2.45) is 5.92 Å². The Morgan fingerprint density at radius 1 is 1.33 bits per heavy atom. The standard InChI is InChI=1S/C6H12O.C3H7NO/c1-4-6(7)5(2)3;1-3(5)4-2/h5H,4H2,1-3H3;1-2H3,(H,4,5). The number of amides is 1. The molecule has 3 heteroatoms. The lowest BCUT2D eigenvalue weighted by molar-refractivity contribution is -0.121. The second-order valence-corrected chi connectivity index (χ2v) is 2.78. The SMILES string of the molecule is CCC(=O)C(C)C.CNC(C)=O. The van der Waals surface area contributed by atoms with E-state index in [9.17, 15) is 9.59 Å². The Bertz CT molecular complexity index is 141. The number of hydrogen-bond acceptors (Lipinski definition) is 2. The molecule has 0 spiro atoms. The maximum Gasteiger partial charge on any atom is 0.216 e. The lowest BCUT2D eigenvalue weighted by Gasteiger charge is -1.96. The molecule has 0 saturated heterocycles. The molecule has 0 aliphatic rings. The topological polar surface area (TPSA) is 46.2 Å². The number of rotatable bonds is 2. The highest BCUT2D eigenvalue weighted by atomic mass is 16.1. The second-order valence-electron chi connectivity index (χ2n) is 2.78. The summed E-state index contributed by atoms with van der Waals surface area (Å²) in [6.07, 6.45) is 0.678. The monoisotopic (exact) mass is 173 g/mol. The van der Waals surface area contributed by atoms with Crippen LogP contribution in [-0.2, 0) is 9.59 Å². The number of nitrogens with one attached hydrogen (secondary N) is 1. The fourth-order valence-electron chi connectivity index (χ4n) is 0.408. The summed E-state index contributed by atoms with van der Waals surface area (Å²) in [4.78, 5) is 20.2. The lowest BCUT2D eigenvalue weighted by atomic mass is 10.1. The van der Waals surface area contributed by atoms with E-state index in [2.05, 4.69) is 5.32 Å².